The van der Waals surface area contributed by atoms with E-state index in [2.05, 4.69) is 60.1 Å². The van der Waals surface area contributed by atoms with Crippen LogP contribution in [-0.2, 0) is 0 Å². The van der Waals surface area contributed by atoms with Crippen LogP contribution in [0.2, 0.25) is 0 Å². The van der Waals surface area contributed by atoms with Crippen molar-refractivity contribution in [1.29, 1.82) is 0 Å². The summed E-state index contributed by atoms with van der Waals surface area (Å²) in [5.74, 6) is 7.87. The lowest BCUT2D eigenvalue weighted by Crippen LogP contribution is -2.27. The van der Waals surface area contributed by atoms with Crippen molar-refractivity contribution >= 4 is 31.7 Å². The second-order valence-electron chi connectivity index (χ2n) is 13.2. The molecule has 0 N–H and O–H groups in total. The third-order valence-corrected chi connectivity index (χ3v) is 26.4. The van der Waals surface area contributed by atoms with Gasteiger partial charge >= 0.3 is 0 Å². The smallest absolute Gasteiger partial charge is 0.0143 e. The van der Waals surface area contributed by atoms with E-state index in [1.54, 1.807) is 38.0 Å². The van der Waals surface area contributed by atoms with Crippen LogP contribution >= 0.6 is 31.7 Å². The van der Waals surface area contributed by atoms with Crippen molar-refractivity contribution in [3.05, 3.63) is 11.6 Å². The van der Waals surface area contributed by atoms with E-state index in [4.69, 9.17) is 0 Å². The van der Waals surface area contributed by atoms with Crippen LogP contribution in [0.5, 0.6) is 0 Å². The highest BCUT2D eigenvalue weighted by molar-refractivity contribution is 7.66. The van der Waals surface area contributed by atoms with Gasteiger partial charge in [0.15, 0.2) is 0 Å². The van der Waals surface area contributed by atoms with Gasteiger partial charge in [0.1, 0.15) is 0 Å². The van der Waals surface area contributed by atoms with Gasteiger partial charge in [0, 0.05) is 0 Å². The third kappa shape index (κ3) is 6.98. The van der Waals surface area contributed by atoms with E-state index in [1.165, 1.54) is 63.9 Å². The third-order valence-electron chi connectivity index (χ3n) is 11.8. The first kappa shape index (κ1) is 32.4. The van der Waals surface area contributed by atoms with Gasteiger partial charge in [-0.05, 0) is 153 Å². The van der Waals surface area contributed by atoms with Gasteiger partial charge in [-0.25, -0.2) is 0 Å². The molecule has 4 heteroatoms. The zero-order chi connectivity index (χ0) is 27.2. The van der Waals surface area contributed by atoms with Gasteiger partial charge in [-0.15, -0.1) is 7.92 Å². The van der Waals surface area contributed by atoms with Crippen molar-refractivity contribution in [1.82, 2.24) is 0 Å². The van der Waals surface area contributed by atoms with Crippen LogP contribution in [0.25, 0.3) is 0 Å². The Bertz CT molecular complexity index is 711. The standard InChI is InChI=1S/C34H64P4/c1-8-26-16-15-19-35(26)20-21-37-29(11-4)24-31(33(37)13-6)32-25-30(12-5)38(34(32)14-7)23-22-36-27(9-2)17-18-28(36)10-3/h20-21,26-34H,8-19,22-25H2,1-7H3/b21-20-/t26-,27-,28-,29-,30-,31?,32?,33-,34-,35?,37?,38?/m1/s1. The van der Waals surface area contributed by atoms with E-state index in [-0.39, 0.29) is 23.8 Å². The number of hydrogen-bond donors (Lipinski definition) is 0. The molecule has 0 bridgehead atoms. The first-order valence-corrected chi connectivity index (χ1v) is 23.8. The summed E-state index contributed by atoms with van der Waals surface area (Å²) in [5.41, 5.74) is 7.50. The average Bonchev–Trinajstić information content (AvgIpc) is 3.72. The Labute approximate surface area is 244 Å². The van der Waals surface area contributed by atoms with Crippen LogP contribution in [-0.4, -0.2) is 58.1 Å². The molecule has 4 heterocycles. The van der Waals surface area contributed by atoms with Crippen LogP contribution in [0.3, 0.4) is 0 Å². The van der Waals surface area contributed by atoms with Gasteiger partial charge in [0.05, 0.1) is 0 Å². The molecule has 12 atom stereocenters. The zero-order valence-corrected chi connectivity index (χ0v) is 30.0. The van der Waals surface area contributed by atoms with Gasteiger partial charge in [0.25, 0.3) is 0 Å². The summed E-state index contributed by atoms with van der Waals surface area (Å²) < 4.78 is 0. The molecule has 4 saturated heterocycles. The highest BCUT2D eigenvalue weighted by Gasteiger charge is 2.51. The summed E-state index contributed by atoms with van der Waals surface area (Å²) in [6, 6.07) is 0. The maximum Gasteiger partial charge on any atom is -0.0143 e. The van der Waals surface area contributed by atoms with Crippen LogP contribution < -0.4 is 0 Å². The van der Waals surface area contributed by atoms with Gasteiger partial charge in [-0.3, -0.25) is 0 Å². The molecule has 0 saturated carbocycles. The number of hydrogen-bond acceptors (Lipinski definition) is 0. The quantitative estimate of drug-likeness (QED) is 0.186. The minimum absolute atomic E-state index is 0.0896. The normalized spacial score (nSPS) is 44.2. The van der Waals surface area contributed by atoms with Gasteiger partial charge in [0.2, 0.25) is 0 Å². The summed E-state index contributed by atoms with van der Waals surface area (Å²) in [6.45, 7) is 17.7. The highest BCUT2D eigenvalue weighted by Crippen LogP contribution is 2.71. The van der Waals surface area contributed by atoms with E-state index < -0.39 is 0 Å². The molecule has 0 aromatic heterocycles. The lowest BCUT2D eigenvalue weighted by atomic mass is 9.79. The minimum Gasteiger partial charge on any atom is -0.100 e. The maximum atomic E-state index is 2.91. The van der Waals surface area contributed by atoms with Gasteiger partial charge < -0.3 is 0 Å². The summed E-state index contributed by atoms with van der Waals surface area (Å²) in [4.78, 5) is 0. The molecule has 4 fully saturated rings. The molecule has 4 aliphatic heterocycles. The second kappa shape index (κ2) is 15.8. The van der Waals surface area contributed by atoms with Crippen molar-refractivity contribution in [3.63, 3.8) is 0 Å². The molecule has 5 unspecified atom stereocenters. The molecule has 0 amide bonds. The molecule has 220 valence electrons. The molecule has 0 nitrogen and oxygen atoms in total. The second-order valence-corrected chi connectivity index (χ2v) is 24.1. The van der Waals surface area contributed by atoms with Gasteiger partial charge in [-0.1, -0.05) is 83.9 Å². The molecule has 0 aliphatic carbocycles. The lowest BCUT2D eigenvalue weighted by molar-refractivity contribution is 0.293. The fourth-order valence-electron chi connectivity index (χ4n) is 9.68. The lowest BCUT2D eigenvalue weighted by Gasteiger charge is -2.34. The molecule has 0 radical (unpaired) electrons. The Morgan fingerprint density at radius 1 is 0.526 bits per heavy atom. The zero-order valence-electron chi connectivity index (χ0n) is 26.5. The van der Waals surface area contributed by atoms with E-state index >= 15 is 0 Å². The van der Waals surface area contributed by atoms with Crippen molar-refractivity contribution in [2.24, 2.45) is 11.8 Å². The van der Waals surface area contributed by atoms with Crippen LogP contribution in [0.15, 0.2) is 11.6 Å². The summed E-state index contributed by atoms with van der Waals surface area (Å²) in [5, 5.41) is 0. The monoisotopic (exact) mass is 596 g/mol. The van der Waals surface area contributed by atoms with Gasteiger partial charge in [-0.2, -0.15) is 0 Å². The molecule has 0 spiro atoms. The summed E-state index contributed by atoms with van der Waals surface area (Å²) in [7, 11) is 0.827. The number of rotatable bonds is 13. The molecule has 4 rings (SSSR count). The average molecular weight is 597 g/mol. The minimum atomic E-state index is 0.0896. The first-order chi connectivity index (χ1) is 18.5. The Kier molecular flexibility index (Phi) is 13.5. The van der Waals surface area contributed by atoms with Crippen molar-refractivity contribution in [2.75, 3.05) is 18.5 Å². The van der Waals surface area contributed by atoms with Crippen LogP contribution in [0.4, 0.5) is 0 Å². The Balaban J connectivity index is 1.48. The van der Waals surface area contributed by atoms with Crippen LogP contribution in [0, 0.1) is 11.8 Å². The van der Waals surface area contributed by atoms with Crippen molar-refractivity contribution in [2.45, 2.75) is 172 Å². The fraction of sp³-hybridized carbons (Fsp3) is 0.941. The fourth-order valence-corrected chi connectivity index (χ4v) is 25.0. The Morgan fingerprint density at radius 2 is 1.08 bits per heavy atom. The Hall–Kier alpha value is 1.46. The van der Waals surface area contributed by atoms with E-state index in [9.17, 15) is 0 Å². The molecule has 4 aliphatic rings. The molecule has 0 aromatic rings. The van der Waals surface area contributed by atoms with Crippen molar-refractivity contribution < 1.29 is 0 Å². The molecule has 0 aromatic carbocycles. The van der Waals surface area contributed by atoms with Crippen molar-refractivity contribution in [3.8, 4) is 0 Å². The predicted octanol–water partition coefficient (Wildman–Crippen LogP) is 12.5. The largest absolute Gasteiger partial charge is 0.100 e. The maximum absolute atomic E-state index is 2.91. The summed E-state index contributed by atoms with van der Waals surface area (Å²) >= 11 is 0. The molecule has 38 heavy (non-hydrogen) atoms. The molecular formula is C34H64P4. The SMILES string of the molecule is CC[C@@H]1CCCP1/C=C\P1[C@H](CC)CC(C2C[C@@H](CC)P(CCP3[C@H](CC)CC[C@H]3CC)[C@@H]2CC)[C@H]1CC. The van der Waals surface area contributed by atoms with E-state index in [0.717, 1.165) is 51.4 Å². The van der Waals surface area contributed by atoms with Crippen LogP contribution in [0.1, 0.15) is 132 Å². The van der Waals surface area contributed by atoms with E-state index in [1.807, 2.05) is 0 Å². The molecular weight excluding hydrogens is 532 g/mol. The Morgan fingerprint density at radius 3 is 1.66 bits per heavy atom. The topological polar surface area (TPSA) is 0 Å². The highest BCUT2D eigenvalue weighted by atomic mass is 31.1. The first-order valence-electron chi connectivity index (χ1n) is 17.3. The predicted molar refractivity (Wildman–Crippen MR) is 185 cm³/mol. The summed E-state index contributed by atoms with van der Waals surface area (Å²) in [6.07, 6.45) is 24.4. The van der Waals surface area contributed by atoms with E-state index in [0.29, 0.717) is 7.92 Å².